The van der Waals surface area contributed by atoms with Crippen LogP contribution >= 0.6 is 0 Å². The Balaban J connectivity index is 1.65. The van der Waals surface area contributed by atoms with Crippen molar-refractivity contribution in [2.24, 2.45) is 0 Å². The molecule has 0 aromatic heterocycles. The molecule has 1 fully saturated rings. The molecule has 2 atom stereocenters. The summed E-state index contributed by atoms with van der Waals surface area (Å²) in [5.41, 5.74) is 5.37. The lowest BCUT2D eigenvalue weighted by molar-refractivity contribution is -0.125. The third kappa shape index (κ3) is 7.40. The summed E-state index contributed by atoms with van der Waals surface area (Å²) >= 11 is 0. The topological polar surface area (TPSA) is 102 Å². The van der Waals surface area contributed by atoms with E-state index in [1.807, 2.05) is 61.5 Å². The number of aliphatic hydroxyl groups excluding tert-OH is 1. The van der Waals surface area contributed by atoms with Crippen LogP contribution in [0.2, 0.25) is 0 Å². The second kappa shape index (κ2) is 12.3. The van der Waals surface area contributed by atoms with Crippen LogP contribution in [-0.4, -0.2) is 59.6 Å². The van der Waals surface area contributed by atoms with Crippen LogP contribution in [0.15, 0.2) is 54.6 Å². The van der Waals surface area contributed by atoms with Crippen molar-refractivity contribution < 1.29 is 19.5 Å². The smallest absolute Gasteiger partial charge is 0.231 e. The van der Waals surface area contributed by atoms with Gasteiger partial charge < -0.3 is 15.3 Å². The molecule has 0 saturated carbocycles. The number of rotatable bonds is 11. The van der Waals surface area contributed by atoms with Gasteiger partial charge in [0.15, 0.2) is 0 Å². The summed E-state index contributed by atoms with van der Waals surface area (Å²) in [6, 6.07) is 16.6. The SMILES string of the molecule is CCN(CC(O)C(Cc1ccccc1)NC(=O)Cc1ccc(N2CCCC2=O)cc1)NC(C)=O. The van der Waals surface area contributed by atoms with Gasteiger partial charge in [0.2, 0.25) is 17.7 Å². The molecule has 1 saturated heterocycles. The third-order valence-corrected chi connectivity index (χ3v) is 5.90. The van der Waals surface area contributed by atoms with Crippen LogP contribution in [0.4, 0.5) is 5.69 Å². The molecule has 3 rings (SSSR count). The maximum Gasteiger partial charge on any atom is 0.231 e. The van der Waals surface area contributed by atoms with Crippen molar-refractivity contribution in [2.45, 2.75) is 51.7 Å². The molecule has 1 aliphatic heterocycles. The molecule has 2 aromatic rings. The maximum absolute atomic E-state index is 12.9. The van der Waals surface area contributed by atoms with Gasteiger partial charge in [-0.15, -0.1) is 0 Å². The van der Waals surface area contributed by atoms with Gasteiger partial charge in [-0.3, -0.25) is 19.8 Å². The molecule has 3 N–H and O–H groups in total. The number of anilines is 1. The van der Waals surface area contributed by atoms with E-state index >= 15 is 0 Å². The predicted molar refractivity (Wildman–Crippen MR) is 131 cm³/mol. The van der Waals surface area contributed by atoms with Crippen LogP contribution in [0.25, 0.3) is 0 Å². The molecule has 182 valence electrons. The van der Waals surface area contributed by atoms with Gasteiger partial charge in [0.05, 0.1) is 18.6 Å². The number of carbonyl (C=O) groups excluding carboxylic acids is 3. The number of hydrogen-bond donors (Lipinski definition) is 3. The van der Waals surface area contributed by atoms with Crippen molar-refractivity contribution in [2.75, 3.05) is 24.5 Å². The van der Waals surface area contributed by atoms with Gasteiger partial charge in [-0.1, -0.05) is 49.4 Å². The van der Waals surface area contributed by atoms with E-state index in [1.165, 1.54) is 6.92 Å². The summed E-state index contributed by atoms with van der Waals surface area (Å²) in [5.74, 6) is -0.284. The molecule has 2 aromatic carbocycles. The molecule has 3 amide bonds. The summed E-state index contributed by atoms with van der Waals surface area (Å²) in [6.07, 6.45) is 1.18. The van der Waals surface area contributed by atoms with Gasteiger partial charge in [0.1, 0.15) is 0 Å². The highest BCUT2D eigenvalue weighted by molar-refractivity contribution is 5.95. The second-order valence-electron chi connectivity index (χ2n) is 8.63. The molecule has 2 unspecified atom stereocenters. The molecule has 1 aliphatic rings. The molecule has 34 heavy (non-hydrogen) atoms. The van der Waals surface area contributed by atoms with E-state index in [4.69, 9.17) is 0 Å². The minimum absolute atomic E-state index is 0.128. The van der Waals surface area contributed by atoms with Crippen LogP contribution in [0, 0.1) is 0 Å². The number of aliphatic hydroxyl groups is 1. The van der Waals surface area contributed by atoms with Gasteiger partial charge in [-0.2, -0.15) is 0 Å². The first kappa shape index (κ1) is 25.4. The summed E-state index contributed by atoms with van der Waals surface area (Å²) in [5, 5.41) is 15.6. The fourth-order valence-electron chi connectivity index (χ4n) is 4.14. The number of carbonyl (C=O) groups is 3. The number of benzene rings is 2. The first-order valence-electron chi connectivity index (χ1n) is 11.8. The van der Waals surface area contributed by atoms with Crippen molar-refractivity contribution in [1.82, 2.24) is 15.8 Å². The lowest BCUT2D eigenvalue weighted by Gasteiger charge is -2.29. The Bertz CT molecular complexity index is 965. The van der Waals surface area contributed by atoms with Crippen molar-refractivity contribution in [3.8, 4) is 0 Å². The molecule has 8 heteroatoms. The van der Waals surface area contributed by atoms with Gasteiger partial charge >= 0.3 is 0 Å². The van der Waals surface area contributed by atoms with E-state index in [-0.39, 0.29) is 30.7 Å². The van der Waals surface area contributed by atoms with Crippen molar-refractivity contribution in [3.05, 3.63) is 65.7 Å². The fourth-order valence-corrected chi connectivity index (χ4v) is 4.14. The molecule has 0 bridgehead atoms. The number of hydrazine groups is 1. The minimum Gasteiger partial charge on any atom is -0.390 e. The molecular weight excluding hydrogens is 432 g/mol. The van der Waals surface area contributed by atoms with E-state index < -0.39 is 12.1 Å². The zero-order valence-electron chi connectivity index (χ0n) is 19.9. The number of likely N-dealkylation sites (N-methyl/N-ethyl adjacent to an activating group) is 1. The van der Waals surface area contributed by atoms with Gasteiger partial charge in [0, 0.05) is 38.7 Å². The van der Waals surface area contributed by atoms with E-state index in [1.54, 1.807) is 9.91 Å². The van der Waals surface area contributed by atoms with Crippen molar-refractivity contribution in [1.29, 1.82) is 0 Å². The maximum atomic E-state index is 12.9. The second-order valence-corrected chi connectivity index (χ2v) is 8.63. The Morgan fingerprint density at radius 2 is 1.79 bits per heavy atom. The van der Waals surface area contributed by atoms with E-state index in [0.717, 1.165) is 29.8 Å². The Labute approximate surface area is 200 Å². The van der Waals surface area contributed by atoms with Crippen LogP contribution in [0.3, 0.4) is 0 Å². The summed E-state index contributed by atoms with van der Waals surface area (Å²) in [6.45, 7) is 4.74. The quantitative estimate of drug-likeness (QED) is 0.439. The van der Waals surface area contributed by atoms with Crippen LogP contribution < -0.4 is 15.6 Å². The van der Waals surface area contributed by atoms with E-state index in [0.29, 0.717) is 19.4 Å². The zero-order valence-corrected chi connectivity index (χ0v) is 19.9. The highest BCUT2D eigenvalue weighted by Gasteiger charge is 2.25. The first-order valence-corrected chi connectivity index (χ1v) is 11.8. The monoisotopic (exact) mass is 466 g/mol. The predicted octanol–water partition coefficient (Wildman–Crippen LogP) is 1.82. The largest absolute Gasteiger partial charge is 0.390 e. The molecule has 8 nitrogen and oxygen atoms in total. The normalized spacial score (nSPS) is 15.3. The van der Waals surface area contributed by atoms with E-state index in [9.17, 15) is 19.5 Å². The average molecular weight is 467 g/mol. The van der Waals surface area contributed by atoms with Gasteiger partial charge in [-0.25, -0.2) is 5.01 Å². The molecule has 0 aliphatic carbocycles. The van der Waals surface area contributed by atoms with Crippen molar-refractivity contribution in [3.63, 3.8) is 0 Å². The highest BCUT2D eigenvalue weighted by atomic mass is 16.3. The Hall–Kier alpha value is -3.23. The standard InChI is InChI=1S/C26H34N4O4/c1-3-29(28-19(2)31)18-24(32)23(16-20-8-5-4-6-9-20)27-25(33)17-21-11-13-22(14-12-21)30-15-7-10-26(30)34/h4-6,8-9,11-14,23-24,32H,3,7,10,15-18H2,1-2H3,(H,27,33)(H,28,31). The Kier molecular flexibility index (Phi) is 9.18. The number of amides is 3. The Morgan fingerprint density at radius 3 is 2.38 bits per heavy atom. The number of hydrogen-bond acceptors (Lipinski definition) is 5. The van der Waals surface area contributed by atoms with Crippen LogP contribution in [0.1, 0.15) is 37.8 Å². The Morgan fingerprint density at radius 1 is 1.09 bits per heavy atom. The molecule has 0 spiro atoms. The number of nitrogens with one attached hydrogen (secondary N) is 2. The lowest BCUT2D eigenvalue weighted by atomic mass is 10.00. The van der Waals surface area contributed by atoms with Gasteiger partial charge in [-0.05, 0) is 36.1 Å². The number of nitrogens with zero attached hydrogens (tertiary/aromatic N) is 2. The molecule has 0 radical (unpaired) electrons. The lowest BCUT2D eigenvalue weighted by Crippen LogP contribution is -2.53. The summed E-state index contributed by atoms with van der Waals surface area (Å²) in [7, 11) is 0. The average Bonchev–Trinajstić information content (AvgIpc) is 3.24. The van der Waals surface area contributed by atoms with Gasteiger partial charge in [0.25, 0.3) is 0 Å². The first-order chi connectivity index (χ1) is 16.4. The fraction of sp³-hybridized carbons (Fsp3) is 0.423. The summed E-state index contributed by atoms with van der Waals surface area (Å²) < 4.78 is 0. The third-order valence-electron chi connectivity index (χ3n) is 5.90. The minimum atomic E-state index is -0.889. The van der Waals surface area contributed by atoms with Crippen LogP contribution in [-0.2, 0) is 27.2 Å². The molecule has 1 heterocycles. The highest BCUT2D eigenvalue weighted by Crippen LogP contribution is 2.21. The van der Waals surface area contributed by atoms with Crippen LogP contribution in [0.5, 0.6) is 0 Å². The zero-order chi connectivity index (χ0) is 24.5. The van der Waals surface area contributed by atoms with Crippen molar-refractivity contribution >= 4 is 23.4 Å². The van der Waals surface area contributed by atoms with E-state index in [2.05, 4.69) is 10.7 Å². The summed E-state index contributed by atoms with van der Waals surface area (Å²) in [4.78, 5) is 38.0. The molecular formula is C26H34N4O4.